The molecular formula is C17H17NO4S. The molecule has 120 valence electrons. The van der Waals surface area contributed by atoms with Gasteiger partial charge < -0.3 is 9.47 Å². The Kier molecular flexibility index (Phi) is 3.50. The third-order valence-corrected chi connectivity index (χ3v) is 5.67. The molecule has 0 atom stereocenters. The molecule has 0 radical (unpaired) electrons. The highest BCUT2D eigenvalue weighted by atomic mass is 32.2. The van der Waals surface area contributed by atoms with Crippen molar-refractivity contribution in [2.75, 3.05) is 13.2 Å². The molecule has 5 nitrogen and oxygen atoms in total. The zero-order valence-electron chi connectivity index (χ0n) is 12.5. The van der Waals surface area contributed by atoms with E-state index in [4.69, 9.17) is 9.47 Å². The summed E-state index contributed by atoms with van der Waals surface area (Å²) >= 11 is 0. The number of rotatable bonds is 4. The van der Waals surface area contributed by atoms with Gasteiger partial charge in [-0.15, -0.1) is 0 Å². The molecule has 2 aliphatic heterocycles. The third-order valence-electron chi connectivity index (χ3n) is 4.25. The van der Waals surface area contributed by atoms with Crippen molar-refractivity contribution in [3.63, 3.8) is 0 Å². The fourth-order valence-corrected chi connectivity index (χ4v) is 4.14. The maximum absolute atomic E-state index is 12.4. The molecule has 0 fully saturated rings. The van der Waals surface area contributed by atoms with Crippen molar-refractivity contribution in [2.45, 2.75) is 24.3 Å². The SMILES string of the molecule is O=S(=O)(NCc1c2c(cc3c1OCC3)OCC2)c1ccccc1. The van der Waals surface area contributed by atoms with Crippen molar-refractivity contribution in [3.8, 4) is 11.5 Å². The van der Waals surface area contributed by atoms with E-state index >= 15 is 0 Å². The first-order valence-corrected chi connectivity index (χ1v) is 9.11. The van der Waals surface area contributed by atoms with Crippen molar-refractivity contribution < 1.29 is 17.9 Å². The standard InChI is InChI=1S/C17H17NO4S/c19-23(20,13-4-2-1-3-5-13)18-11-15-14-7-9-21-16(14)10-12-6-8-22-17(12)15/h1-5,10,18H,6-9,11H2. The lowest BCUT2D eigenvalue weighted by molar-refractivity contribution is 0.352. The summed E-state index contributed by atoms with van der Waals surface area (Å²) in [5, 5.41) is 0. The fourth-order valence-electron chi connectivity index (χ4n) is 3.12. The predicted octanol–water partition coefficient (Wildman–Crippen LogP) is 2.03. The van der Waals surface area contributed by atoms with Crippen LogP contribution in [0, 0.1) is 0 Å². The minimum Gasteiger partial charge on any atom is -0.493 e. The maximum atomic E-state index is 12.4. The van der Waals surface area contributed by atoms with E-state index in [1.807, 2.05) is 6.07 Å². The average Bonchev–Trinajstić information content (AvgIpc) is 3.21. The van der Waals surface area contributed by atoms with Crippen LogP contribution < -0.4 is 14.2 Å². The molecule has 23 heavy (non-hydrogen) atoms. The lowest BCUT2D eigenvalue weighted by Gasteiger charge is -2.14. The Labute approximate surface area is 135 Å². The zero-order valence-corrected chi connectivity index (χ0v) is 13.4. The van der Waals surface area contributed by atoms with Gasteiger partial charge in [-0.3, -0.25) is 0 Å². The summed E-state index contributed by atoms with van der Waals surface area (Å²) in [7, 11) is -3.54. The van der Waals surface area contributed by atoms with Crippen LogP contribution in [0.4, 0.5) is 0 Å². The monoisotopic (exact) mass is 331 g/mol. The molecule has 4 rings (SSSR count). The molecule has 2 aromatic carbocycles. The summed E-state index contributed by atoms with van der Waals surface area (Å²) < 4.78 is 38.9. The number of hydrogen-bond acceptors (Lipinski definition) is 4. The minimum atomic E-state index is -3.54. The van der Waals surface area contributed by atoms with Gasteiger partial charge in [0.2, 0.25) is 10.0 Å². The highest BCUT2D eigenvalue weighted by Crippen LogP contribution is 2.40. The second kappa shape index (κ2) is 5.54. The first kappa shape index (κ1) is 14.5. The second-order valence-electron chi connectivity index (χ2n) is 5.65. The molecule has 1 N–H and O–H groups in total. The van der Waals surface area contributed by atoms with Crippen molar-refractivity contribution in [2.24, 2.45) is 0 Å². The van der Waals surface area contributed by atoms with Crippen LogP contribution in [0.3, 0.4) is 0 Å². The van der Waals surface area contributed by atoms with Crippen LogP contribution >= 0.6 is 0 Å². The lowest BCUT2D eigenvalue weighted by atomic mass is 10.00. The summed E-state index contributed by atoms with van der Waals surface area (Å²) in [6.45, 7) is 1.49. The van der Waals surface area contributed by atoms with E-state index in [1.54, 1.807) is 30.3 Å². The normalized spacial score (nSPS) is 15.7. The molecule has 0 saturated heterocycles. The summed E-state index contributed by atoms with van der Waals surface area (Å²) in [4.78, 5) is 0.265. The van der Waals surface area contributed by atoms with Crippen LogP contribution in [0.5, 0.6) is 11.5 Å². The van der Waals surface area contributed by atoms with E-state index in [1.165, 1.54) is 0 Å². The van der Waals surface area contributed by atoms with Crippen LogP contribution in [0.15, 0.2) is 41.3 Å². The Balaban J connectivity index is 1.66. The van der Waals surface area contributed by atoms with Crippen molar-refractivity contribution in [1.29, 1.82) is 0 Å². The van der Waals surface area contributed by atoms with Gasteiger partial charge in [-0.25, -0.2) is 13.1 Å². The molecule has 0 bridgehead atoms. The highest BCUT2D eigenvalue weighted by Gasteiger charge is 2.27. The summed E-state index contributed by atoms with van der Waals surface area (Å²) in [5.74, 6) is 1.69. The zero-order chi connectivity index (χ0) is 15.9. The lowest BCUT2D eigenvalue weighted by Crippen LogP contribution is -2.24. The van der Waals surface area contributed by atoms with Gasteiger partial charge in [-0.05, 0) is 18.2 Å². The van der Waals surface area contributed by atoms with Crippen molar-refractivity contribution in [1.82, 2.24) is 4.72 Å². The molecule has 6 heteroatoms. The van der Waals surface area contributed by atoms with Gasteiger partial charge in [0.15, 0.2) is 0 Å². The van der Waals surface area contributed by atoms with Crippen molar-refractivity contribution in [3.05, 3.63) is 53.1 Å². The Morgan fingerprint density at radius 3 is 2.65 bits per heavy atom. The summed E-state index contributed by atoms with van der Waals surface area (Å²) in [5.41, 5.74) is 3.06. The second-order valence-corrected chi connectivity index (χ2v) is 7.42. The Bertz CT molecular complexity index is 814. The van der Waals surface area contributed by atoms with Gasteiger partial charge in [0.1, 0.15) is 11.5 Å². The molecule has 2 aromatic rings. The number of nitrogens with one attached hydrogen (secondary N) is 1. The van der Waals surface area contributed by atoms with Gasteiger partial charge in [-0.2, -0.15) is 0 Å². The molecule has 0 aliphatic carbocycles. The molecule has 2 aliphatic rings. The van der Waals surface area contributed by atoms with E-state index in [0.717, 1.165) is 41.0 Å². The van der Waals surface area contributed by atoms with Gasteiger partial charge in [-0.1, -0.05) is 18.2 Å². The molecule has 0 spiro atoms. The Morgan fingerprint density at radius 1 is 1.04 bits per heavy atom. The topological polar surface area (TPSA) is 64.6 Å². The van der Waals surface area contributed by atoms with E-state index in [-0.39, 0.29) is 11.4 Å². The summed E-state index contributed by atoms with van der Waals surface area (Å²) in [6.07, 6.45) is 1.62. The van der Waals surface area contributed by atoms with Crippen LogP contribution in [0.25, 0.3) is 0 Å². The van der Waals surface area contributed by atoms with Crippen LogP contribution in [0.1, 0.15) is 16.7 Å². The van der Waals surface area contributed by atoms with E-state index in [0.29, 0.717) is 13.2 Å². The molecule has 2 heterocycles. The van der Waals surface area contributed by atoms with Gasteiger partial charge in [0.05, 0.1) is 18.1 Å². The molecule has 0 saturated carbocycles. The third kappa shape index (κ3) is 2.58. The first-order chi connectivity index (χ1) is 11.1. The summed E-state index contributed by atoms with van der Waals surface area (Å²) in [6, 6.07) is 10.4. The Hall–Kier alpha value is -2.05. The smallest absolute Gasteiger partial charge is 0.240 e. The number of hydrogen-bond donors (Lipinski definition) is 1. The largest absolute Gasteiger partial charge is 0.493 e. The van der Waals surface area contributed by atoms with Crippen LogP contribution in [-0.4, -0.2) is 21.6 Å². The molecule has 0 amide bonds. The Morgan fingerprint density at radius 2 is 1.83 bits per heavy atom. The van der Waals surface area contributed by atoms with Crippen molar-refractivity contribution >= 4 is 10.0 Å². The average molecular weight is 331 g/mol. The molecule has 0 aromatic heterocycles. The number of fused-ring (bicyclic) bond motifs is 2. The van der Waals surface area contributed by atoms with Gasteiger partial charge in [0.25, 0.3) is 0 Å². The van der Waals surface area contributed by atoms with E-state index < -0.39 is 10.0 Å². The predicted molar refractivity (Wildman–Crippen MR) is 85.3 cm³/mol. The van der Waals surface area contributed by atoms with Gasteiger partial charge in [0, 0.05) is 36.1 Å². The fraction of sp³-hybridized carbons (Fsp3) is 0.294. The highest BCUT2D eigenvalue weighted by molar-refractivity contribution is 7.89. The number of sulfonamides is 1. The van der Waals surface area contributed by atoms with Crippen LogP contribution in [-0.2, 0) is 29.4 Å². The first-order valence-electron chi connectivity index (χ1n) is 7.63. The number of benzene rings is 2. The molecule has 0 unspecified atom stereocenters. The molecular weight excluding hydrogens is 314 g/mol. The quantitative estimate of drug-likeness (QED) is 0.931. The van der Waals surface area contributed by atoms with Gasteiger partial charge >= 0.3 is 0 Å². The number of ether oxygens (including phenoxy) is 2. The van der Waals surface area contributed by atoms with Crippen LogP contribution in [0.2, 0.25) is 0 Å². The van der Waals surface area contributed by atoms with E-state index in [2.05, 4.69) is 4.72 Å². The van der Waals surface area contributed by atoms with E-state index in [9.17, 15) is 8.42 Å². The minimum absolute atomic E-state index is 0.214. The maximum Gasteiger partial charge on any atom is 0.240 e.